The molecule has 0 atom stereocenters. The van der Waals surface area contributed by atoms with Crippen LogP contribution in [-0.4, -0.2) is 44.1 Å². The van der Waals surface area contributed by atoms with Crippen LogP contribution in [0.3, 0.4) is 0 Å². The van der Waals surface area contributed by atoms with Crippen LogP contribution in [0.4, 0.5) is 35.1 Å². The van der Waals surface area contributed by atoms with Crippen molar-refractivity contribution in [2.45, 2.75) is 30.2 Å². The Labute approximate surface area is 184 Å². The topological polar surface area (TPSA) is 81.6 Å². The molecule has 16 heteroatoms. The number of hydrogen-bond donors (Lipinski definition) is 0. The summed E-state index contributed by atoms with van der Waals surface area (Å²) in [6.07, 6.45) is -8.51. The van der Waals surface area contributed by atoms with Gasteiger partial charge in [-0.15, -0.1) is 0 Å². The van der Waals surface area contributed by atoms with Crippen LogP contribution < -0.4 is 0 Å². The van der Waals surface area contributed by atoms with Gasteiger partial charge in [0.25, 0.3) is 0 Å². The van der Waals surface area contributed by atoms with Crippen LogP contribution >= 0.6 is 0 Å². The molecule has 4 rings (SSSR count). The lowest BCUT2D eigenvalue weighted by molar-refractivity contribution is -0.290. The predicted octanol–water partition coefficient (Wildman–Crippen LogP) is 4.51. The van der Waals surface area contributed by atoms with E-state index in [1.165, 1.54) is 6.92 Å². The first-order valence-corrected chi connectivity index (χ1v) is 10.8. The van der Waals surface area contributed by atoms with Gasteiger partial charge >= 0.3 is 18.3 Å². The largest absolute Gasteiger partial charge is 0.459 e. The van der Waals surface area contributed by atoms with Gasteiger partial charge in [0.05, 0.1) is 11.3 Å². The van der Waals surface area contributed by atoms with Crippen molar-refractivity contribution in [1.29, 1.82) is 0 Å². The van der Waals surface area contributed by atoms with Crippen LogP contribution in [0.2, 0.25) is 0 Å². The smallest absolute Gasteiger partial charge is 0.290 e. The van der Waals surface area contributed by atoms with Gasteiger partial charge in [-0.2, -0.15) is 35.1 Å². The van der Waals surface area contributed by atoms with E-state index in [4.69, 9.17) is 0 Å². The number of alkyl halides is 8. The third-order valence-electron chi connectivity index (χ3n) is 4.84. The average molecular weight is 513 g/mol. The van der Waals surface area contributed by atoms with E-state index in [9.17, 15) is 43.5 Å². The summed E-state index contributed by atoms with van der Waals surface area (Å²) in [5.74, 6) is -5.81. The molecule has 182 valence electrons. The molecule has 0 bridgehead atoms. The molecule has 0 aliphatic carbocycles. The van der Waals surface area contributed by atoms with Gasteiger partial charge in [-0.3, -0.25) is 8.80 Å². The van der Waals surface area contributed by atoms with Crippen LogP contribution in [-0.2, 0) is 21.9 Å². The Balaban J connectivity index is 1.96. The van der Waals surface area contributed by atoms with Crippen molar-refractivity contribution in [3.63, 3.8) is 0 Å². The van der Waals surface area contributed by atoms with E-state index in [1.54, 1.807) is 0 Å². The molecule has 0 aromatic carbocycles. The molecule has 34 heavy (non-hydrogen) atoms. The molecule has 0 aliphatic rings. The van der Waals surface area contributed by atoms with E-state index < -0.39 is 61.5 Å². The van der Waals surface area contributed by atoms with E-state index in [0.717, 1.165) is 16.7 Å². The second kappa shape index (κ2) is 7.35. The first kappa shape index (κ1) is 23.8. The van der Waals surface area contributed by atoms with Crippen molar-refractivity contribution in [2.75, 3.05) is 5.75 Å². The summed E-state index contributed by atoms with van der Waals surface area (Å²) in [4.78, 5) is 11.0. The monoisotopic (exact) mass is 513 g/mol. The quantitative estimate of drug-likeness (QED) is 0.375. The zero-order valence-corrected chi connectivity index (χ0v) is 17.5. The molecular weight excluding hydrogens is 502 g/mol. The zero-order valence-electron chi connectivity index (χ0n) is 16.7. The molecule has 0 unspecified atom stereocenters. The van der Waals surface area contributed by atoms with Crippen molar-refractivity contribution in [3.8, 4) is 11.4 Å². The normalized spacial score (nSPS) is 13.8. The Morgan fingerprint density at radius 3 is 2.21 bits per heavy atom. The van der Waals surface area contributed by atoms with E-state index in [0.29, 0.717) is 29.1 Å². The standard InChI is InChI=1S/C18H11F8N5O2S/c1-2-34(32,33)15-14(29-12-4-3-9(6-31(12)15)17(21,22)23)10-7-30-8-27-11(5-13(30)28-10)16(19,20)18(24,25)26/h3-8H,2H2,1H3. The van der Waals surface area contributed by atoms with Gasteiger partial charge in [0, 0.05) is 18.5 Å². The summed E-state index contributed by atoms with van der Waals surface area (Å²) in [6, 6.07) is 1.98. The molecule has 0 aliphatic heterocycles. The molecule has 0 spiro atoms. The third-order valence-corrected chi connectivity index (χ3v) is 6.58. The highest BCUT2D eigenvalue weighted by Crippen LogP contribution is 2.43. The minimum Gasteiger partial charge on any atom is -0.290 e. The lowest BCUT2D eigenvalue weighted by atomic mass is 10.2. The van der Waals surface area contributed by atoms with Gasteiger partial charge in [0.2, 0.25) is 0 Å². The van der Waals surface area contributed by atoms with Crippen LogP contribution in [0, 0.1) is 0 Å². The maximum Gasteiger partial charge on any atom is 0.459 e. The Bertz CT molecular complexity index is 1520. The van der Waals surface area contributed by atoms with Gasteiger partial charge < -0.3 is 0 Å². The molecule has 0 fully saturated rings. The number of pyridine rings is 1. The molecule has 4 aromatic heterocycles. The first-order valence-electron chi connectivity index (χ1n) is 9.18. The van der Waals surface area contributed by atoms with E-state index >= 15 is 0 Å². The number of aromatic nitrogens is 5. The molecule has 0 saturated heterocycles. The number of rotatable bonds is 4. The van der Waals surface area contributed by atoms with Crippen LogP contribution in [0.1, 0.15) is 18.2 Å². The maximum absolute atomic E-state index is 13.6. The summed E-state index contributed by atoms with van der Waals surface area (Å²) in [5.41, 5.74) is -4.13. The molecule has 4 aromatic rings. The highest BCUT2D eigenvalue weighted by atomic mass is 32.2. The van der Waals surface area contributed by atoms with Crippen molar-refractivity contribution >= 4 is 21.1 Å². The zero-order chi connectivity index (χ0) is 25.3. The van der Waals surface area contributed by atoms with Gasteiger partial charge in [-0.1, -0.05) is 6.92 Å². The number of hydrogen-bond acceptors (Lipinski definition) is 5. The second-order valence-electron chi connectivity index (χ2n) is 7.05. The summed E-state index contributed by atoms with van der Waals surface area (Å²) in [7, 11) is -4.21. The highest BCUT2D eigenvalue weighted by Gasteiger charge is 2.60. The van der Waals surface area contributed by atoms with Gasteiger partial charge in [0.1, 0.15) is 34.7 Å². The molecule has 7 nitrogen and oxygen atoms in total. The molecule has 0 N–H and O–H groups in total. The number of halogens is 8. The summed E-state index contributed by atoms with van der Waals surface area (Å²) < 4.78 is 132. The number of imidazole rings is 2. The van der Waals surface area contributed by atoms with Crippen molar-refractivity contribution in [2.24, 2.45) is 0 Å². The molecule has 0 saturated carbocycles. The lowest BCUT2D eigenvalue weighted by Gasteiger charge is -2.18. The number of fused-ring (bicyclic) bond motifs is 2. The SMILES string of the molecule is CCS(=O)(=O)c1c(-c2cn3cnc(C(F)(F)C(F)(F)F)cc3n2)nc2ccc(C(F)(F)F)cn12. The molecule has 0 radical (unpaired) electrons. The Morgan fingerprint density at radius 1 is 0.941 bits per heavy atom. The Kier molecular flexibility index (Phi) is 5.15. The lowest BCUT2D eigenvalue weighted by Crippen LogP contribution is -2.34. The second-order valence-corrected chi connectivity index (χ2v) is 9.24. The fourth-order valence-electron chi connectivity index (χ4n) is 3.11. The highest BCUT2D eigenvalue weighted by molar-refractivity contribution is 7.91. The molecule has 0 amide bonds. The van der Waals surface area contributed by atoms with Gasteiger partial charge in [-0.05, 0) is 12.1 Å². The van der Waals surface area contributed by atoms with E-state index in [1.807, 2.05) is 0 Å². The van der Waals surface area contributed by atoms with Gasteiger partial charge in [-0.25, -0.2) is 23.4 Å². The van der Waals surface area contributed by atoms with Crippen molar-refractivity contribution < 1.29 is 43.5 Å². The minimum atomic E-state index is -5.92. The molecular formula is C18H11F8N5O2S. The van der Waals surface area contributed by atoms with Crippen molar-refractivity contribution in [3.05, 3.63) is 48.2 Å². The van der Waals surface area contributed by atoms with Gasteiger partial charge in [0.15, 0.2) is 14.9 Å². The fourth-order valence-corrected chi connectivity index (χ4v) is 4.28. The van der Waals surface area contributed by atoms with E-state index in [2.05, 4.69) is 15.0 Å². The summed E-state index contributed by atoms with van der Waals surface area (Å²) in [6.45, 7) is 1.24. The van der Waals surface area contributed by atoms with Crippen LogP contribution in [0.15, 0.2) is 41.9 Å². The number of sulfone groups is 1. The van der Waals surface area contributed by atoms with E-state index in [-0.39, 0.29) is 11.3 Å². The first-order chi connectivity index (χ1) is 15.6. The third kappa shape index (κ3) is 3.74. The average Bonchev–Trinajstić information content (AvgIpc) is 3.32. The minimum absolute atomic E-state index is 0.186. The summed E-state index contributed by atoms with van der Waals surface area (Å²) in [5, 5.41) is -0.645. The maximum atomic E-state index is 13.6. The number of nitrogens with zero attached hydrogens (tertiary/aromatic N) is 5. The Hall–Kier alpha value is -3.30. The van der Waals surface area contributed by atoms with Crippen LogP contribution in [0.25, 0.3) is 22.7 Å². The Morgan fingerprint density at radius 2 is 1.62 bits per heavy atom. The van der Waals surface area contributed by atoms with Crippen molar-refractivity contribution in [1.82, 2.24) is 23.8 Å². The summed E-state index contributed by atoms with van der Waals surface area (Å²) >= 11 is 0. The predicted molar refractivity (Wildman–Crippen MR) is 99.9 cm³/mol. The fraction of sp³-hybridized carbons (Fsp3) is 0.278. The van der Waals surface area contributed by atoms with Crippen LogP contribution in [0.5, 0.6) is 0 Å². The molecule has 4 heterocycles.